The third-order valence-electron chi connectivity index (χ3n) is 2.84. The van der Waals surface area contributed by atoms with Crippen LogP contribution in [0.3, 0.4) is 0 Å². The van der Waals surface area contributed by atoms with Gasteiger partial charge in [-0.1, -0.05) is 53.0 Å². The normalized spacial score (nSPS) is 10.9. The summed E-state index contributed by atoms with van der Waals surface area (Å²) in [6, 6.07) is 10.4. The topological polar surface area (TPSA) is 26.3 Å². The molecule has 0 aliphatic carbocycles. The summed E-state index contributed by atoms with van der Waals surface area (Å²) in [5.41, 5.74) is 1.19. The molecular formula is C16H11Cl3O2. The summed E-state index contributed by atoms with van der Waals surface area (Å²) < 4.78 is 5.07. The monoisotopic (exact) mass is 340 g/mol. The zero-order valence-electron chi connectivity index (χ0n) is 11.1. The highest BCUT2D eigenvalue weighted by Gasteiger charge is 2.13. The maximum Gasteiger partial charge on any atom is 0.187 e. The minimum Gasteiger partial charge on any atom is -0.497 e. The molecule has 0 N–H and O–H groups in total. The Hall–Kier alpha value is -1.48. The fraction of sp³-hybridized carbons (Fsp3) is 0.0625. The molecule has 0 saturated carbocycles. The van der Waals surface area contributed by atoms with Crippen molar-refractivity contribution in [2.75, 3.05) is 7.11 Å². The first kappa shape index (κ1) is 15.9. The van der Waals surface area contributed by atoms with Crippen LogP contribution in [0.4, 0.5) is 0 Å². The van der Waals surface area contributed by atoms with Gasteiger partial charge in [-0.25, -0.2) is 0 Å². The minimum absolute atomic E-state index is 0.161. The van der Waals surface area contributed by atoms with Gasteiger partial charge in [0.15, 0.2) is 5.78 Å². The predicted octanol–water partition coefficient (Wildman–Crippen LogP) is 5.55. The van der Waals surface area contributed by atoms with Crippen LogP contribution in [0.1, 0.15) is 15.9 Å². The second-order valence-corrected chi connectivity index (χ2v) is 5.36. The Bertz CT molecular complexity index is 691. The summed E-state index contributed by atoms with van der Waals surface area (Å²) >= 11 is 17.8. The molecule has 0 saturated heterocycles. The fourth-order valence-electron chi connectivity index (χ4n) is 1.69. The largest absolute Gasteiger partial charge is 0.497 e. The SMILES string of the molecule is COc1ccc(/C=C/C(=O)c2ccc(Cl)c(Cl)c2Cl)cc1. The molecule has 2 nitrogen and oxygen atoms in total. The molecule has 108 valence electrons. The quantitative estimate of drug-likeness (QED) is 0.414. The van der Waals surface area contributed by atoms with Crippen LogP contribution in [0, 0.1) is 0 Å². The van der Waals surface area contributed by atoms with Crippen molar-refractivity contribution >= 4 is 46.7 Å². The summed E-state index contributed by atoms with van der Waals surface area (Å²) in [6.45, 7) is 0. The van der Waals surface area contributed by atoms with Crippen molar-refractivity contribution in [3.63, 3.8) is 0 Å². The highest BCUT2D eigenvalue weighted by atomic mass is 35.5. The third kappa shape index (κ3) is 3.79. The molecule has 0 amide bonds. The standard InChI is InChI=1S/C16H11Cl3O2/c1-21-11-5-2-10(3-6-11)4-9-14(20)12-7-8-13(17)16(19)15(12)18/h2-9H,1H3/b9-4+. The number of carbonyl (C=O) groups excluding carboxylic acids is 1. The first-order valence-corrected chi connectivity index (χ1v) is 7.16. The van der Waals surface area contributed by atoms with Crippen LogP contribution in [0.15, 0.2) is 42.5 Å². The Morgan fingerprint density at radius 2 is 1.67 bits per heavy atom. The number of halogens is 3. The minimum atomic E-state index is -0.241. The van der Waals surface area contributed by atoms with E-state index in [0.29, 0.717) is 10.6 Å². The Labute approximate surface area is 137 Å². The summed E-state index contributed by atoms with van der Waals surface area (Å²) in [6.07, 6.45) is 3.13. The van der Waals surface area contributed by atoms with E-state index in [0.717, 1.165) is 11.3 Å². The Morgan fingerprint density at radius 1 is 1.00 bits per heavy atom. The van der Waals surface area contributed by atoms with Gasteiger partial charge in [0.2, 0.25) is 0 Å². The van der Waals surface area contributed by atoms with E-state index in [4.69, 9.17) is 39.5 Å². The van der Waals surface area contributed by atoms with Gasteiger partial charge in [0.05, 0.1) is 22.2 Å². The predicted molar refractivity (Wildman–Crippen MR) is 87.8 cm³/mol. The molecule has 2 rings (SSSR count). The van der Waals surface area contributed by atoms with Crippen LogP contribution in [-0.4, -0.2) is 12.9 Å². The van der Waals surface area contributed by atoms with Crippen molar-refractivity contribution in [3.8, 4) is 5.75 Å². The van der Waals surface area contributed by atoms with Gasteiger partial charge in [-0.3, -0.25) is 4.79 Å². The highest BCUT2D eigenvalue weighted by molar-refractivity contribution is 6.49. The summed E-state index contributed by atoms with van der Waals surface area (Å²) in [5.74, 6) is 0.514. The van der Waals surface area contributed by atoms with Crippen molar-refractivity contribution in [2.24, 2.45) is 0 Å². The van der Waals surface area contributed by atoms with Crippen LogP contribution in [0.5, 0.6) is 5.75 Å². The smallest absolute Gasteiger partial charge is 0.187 e. The maximum absolute atomic E-state index is 12.1. The Kier molecular flexibility index (Phi) is 5.29. The average molecular weight is 342 g/mol. The average Bonchev–Trinajstić information content (AvgIpc) is 2.51. The molecule has 5 heteroatoms. The number of allylic oxidation sites excluding steroid dienone is 1. The first-order chi connectivity index (χ1) is 10.0. The van der Waals surface area contributed by atoms with E-state index >= 15 is 0 Å². The number of benzene rings is 2. The van der Waals surface area contributed by atoms with Gasteiger partial charge in [-0.15, -0.1) is 0 Å². The van der Waals surface area contributed by atoms with Gasteiger partial charge in [0, 0.05) is 5.56 Å². The van der Waals surface area contributed by atoms with Gasteiger partial charge < -0.3 is 4.74 Å². The lowest BCUT2D eigenvalue weighted by molar-refractivity contribution is 0.104. The number of carbonyl (C=O) groups is 1. The zero-order chi connectivity index (χ0) is 15.4. The van der Waals surface area contributed by atoms with Gasteiger partial charge in [-0.2, -0.15) is 0 Å². The number of ketones is 1. The highest BCUT2D eigenvalue weighted by Crippen LogP contribution is 2.33. The van der Waals surface area contributed by atoms with Crippen molar-refractivity contribution in [2.45, 2.75) is 0 Å². The molecule has 0 unspecified atom stereocenters. The van der Waals surface area contributed by atoms with Gasteiger partial charge >= 0.3 is 0 Å². The van der Waals surface area contributed by atoms with E-state index in [1.54, 1.807) is 25.3 Å². The lowest BCUT2D eigenvalue weighted by Gasteiger charge is -2.04. The van der Waals surface area contributed by atoms with E-state index in [9.17, 15) is 4.79 Å². The number of hydrogen-bond donors (Lipinski definition) is 0. The number of ether oxygens (including phenoxy) is 1. The molecule has 0 bridgehead atoms. The van der Waals surface area contributed by atoms with E-state index in [-0.39, 0.29) is 15.8 Å². The fourth-order valence-corrected chi connectivity index (χ4v) is 2.32. The van der Waals surface area contributed by atoms with Crippen LogP contribution < -0.4 is 4.74 Å². The summed E-state index contributed by atoms with van der Waals surface area (Å²) in [7, 11) is 1.60. The lowest BCUT2D eigenvalue weighted by atomic mass is 10.1. The molecule has 2 aromatic carbocycles. The van der Waals surface area contributed by atoms with Crippen molar-refractivity contribution in [3.05, 3.63) is 68.7 Å². The van der Waals surface area contributed by atoms with Crippen LogP contribution in [0.25, 0.3) is 6.08 Å². The van der Waals surface area contributed by atoms with Crippen LogP contribution in [-0.2, 0) is 0 Å². The van der Waals surface area contributed by atoms with Crippen molar-refractivity contribution in [1.29, 1.82) is 0 Å². The molecule has 0 spiro atoms. The molecule has 21 heavy (non-hydrogen) atoms. The second kappa shape index (κ2) is 6.99. The molecule has 0 fully saturated rings. The Balaban J connectivity index is 2.21. The zero-order valence-corrected chi connectivity index (χ0v) is 13.3. The van der Waals surface area contributed by atoms with E-state index in [1.807, 2.05) is 24.3 Å². The van der Waals surface area contributed by atoms with Crippen LogP contribution in [0.2, 0.25) is 15.1 Å². The number of methoxy groups -OCH3 is 1. The summed E-state index contributed by atoms with van der Waals surface area (Å²) in [4.78, 5) is 12.1. The molecule has 0 radical (unpaired) electrons. The van der Waals surface area contributed by atoms with Crippen molar-refractivity contribution < 1.29 is 9.53 Å². The first-order valence-electron chi connectivity index (χ1n) is 6.03. The van der Waals surface area contributed by atoms with E-state index in [2.05, 4.69) is 0 Å². The lowest BCUT2D eigenvalue weighted by Crippen LogP contribution is -1.96. The second-order valence-electron chi connectivity index (χ2n) is 4.19. The molecular weight excluding hydrogens is 331 g/mol. The molecule has 0 heterocycles. The van der Waals surface area contributed by atoms with Gasteiger partial charge in [0.25, 0.3) is 0 Å². The summed E-state index contributed by atoms with van der Waals surface area (Å²) in [5, 5.41) is 0.660. The molecule has 0 aromatic heterocycles. The third-order valence-corrected chi connectivity index (χ3v) is 4.14. The molecule has 0 atom stereocenters. The Morgan fingerprint density at radius 3 is 2.29 bits per heavy atom. The number of hydrogen-bond acceptors (Lipinski definition) is 2. The van der Waals surface area contributed by atoms with E-state index < -0.39 is 0 Å². The molecule has 2 aromatic rings. The van der Waals surface area contributed by atoms with Crippen molar-refractivity contribution in [1.82, 2.24) is 0 Å². The number of rotatable bonds is 4. The molecule has 0 aliphatic rings. The van der Waals surface area contributed by atoms with Crippen LogP contribution >= 0.6 is 34.8 Å². The maximum atomic E-state index is 12.1. The van der Waals surface area contributed by atoms with E-state index in [1.165, 1.54) is 6.08 Å². The van der Waals surface area contributed by atoms with Gasteiger partial charge in [0.1, 0.15) is 5.75 Å². The van der Waals surface area contributed by atoms with Gasteiger partial charge in [-0.05, 0) is 35.9 Å². The molecule has 0 aliphatic heterocycles.